The number of fused-ring (bicyclic) bond motifs is 1. The van der Waals surface area contributed by atoms with Gasteiger partial charge in [-0.2, -0.15) is 0 Å². The van der Waals surface area contributed by atoms with E-state index in [1.54, 1.807) is 7.11 Å². The van der Waals surface area contributed by atoms with E-state index in [9.17, 15) is 0 Å². The van der Waals surface area contributed by atoms with E-state index < -0.39 is 0 Å². The average molecular weight is 356 g/mol. The van der Waals surface area contributed by atoms with Gasteiger partial charge in [0.2, 0.25) is 0 Å². The monoisotopic (exact) mass is 354 g/mol. The van der Waals surface area contributed by atoms with Crippen molar-refractivity contribution in [3.8, 4) is 5.75 Å². The molecule has 1 unspecified atom stereocenters. The van der Waals surface area contributed by atoms with Crippen molar-refractivity contribution < 1.29 is 9.47 Å². The lowest BCUT2D eigenvalue weighted by Gasteiger charge is -2.12. The molecule has 0 N–H and O–H groups in total. The molecule has 0 radical (unpaired) electrons. The van der Waals surface area contributed by atoms with Crippen LogP contribution in [0.1, 0.15) is 23.2 Å². The van der Waals surface area contributed by atoms with Crippen molar-refractivity contribution in [3.63, 3.8) is 0 Å². The minimum absolute atomic E-state index is 0.200. The summed E-state index contributed by atoms with van der Waals surface area (Å²) in [6, 6.07) is 7.95. The van der Waals surface area contributed by atoms with Gasteiger partial charge in [0.15, 0.2) is 11.9 Å². The third kappa shape index (κ3) is 2.53. The lowest BCUT2D eigenvalue weighted by atomic mass is 10.1. The molecule has 0 bridgehead atoms. The zero-order chi connectivity index (χ0) is 14.1. The number of hydrogen-bond acceptors (Lipinski definition) is 4. The fourth-order valence-electron chi connectivity index (χ4n) is 2.18. The molecule has 6 heteroatoms. The molecule has 4 nitrogen and oxygen atoms in total. The first-order valence-electron chi connectivity index (χ1n) is 6.14. The normalized spacial score (nSPS) is 16.9. The van der Waals surface area contributed by atoms with Crippen molar-refractivity contribution in [3.05, 3.63) is 51.0 Å². The van der Waals surface area contributed by atoms with Crippen molar-refractivity contribution in [2.75, 3.05) is 7.11 Å². The van der Waals surface area contributed by atoms with Gasteiger partial charge >= 0.3 is 0 Å². The Morgan fingerprint density at radius 3 is 2.95 bits per heavy atom. The van der Waals surface area contributed by atoms with Crippen molar-refractivity contribution in [1.82, 2.24) is 9.97 Å². The zero-order valence-corrected chi connectivity index (χ0v) is 13.1. The van der Waals surface area contributed by atoms with Crippen LogP contribution in [-0.4, -0.2) is 17.1 Å². The van der Waals surface area contributed by atoms with Crippen molar-refractivity contribution >= 4 is 27.5 Å². The van der Waals surface area contributed by atoms with Crippen LogP contribution in [-0.2, 0) is 17.8 Å². The fourth-order valence-corrected chi connectivity index (χ4v) is 2.67. The molecule has 2 heterocycles. The number of hydrogen-bond donors (Lipinski definition) is 0. The quantitative estimate of drug-likeness (QED) is 0.787. The first-order valence-corrected chi connectivity index (χ1v) is 7.31. The Balaban J connectivity index is 1.93. The maximum absolute atomic E-state index is 6.14. The SMILES string of the molecule is COCc1nc(C2Cc3ccccc3O2)nc(Cl)c1Br. The highest BCUT2D eigenvalue weighted by Gasteiger charge is 2.27. The molecule has 1 aliphatic rings. The molecule has 0 fully saturated rings. The Morgan fingerprint density at radius 2 is 2.20 bits per heavy atom. The first-order chi connectivity index (χ1) is 9.69. The van der Waals surface area contributed by atoms with Gasteiger partial charge in [-0.15, -0.1) is 0 Å². The molecule has 0 spiro atoms. The second-order valence-corrected chi connectivity index (χ2v) is 5.64. The molecule has 0 aliphatic carbocycles. The number of halogens is 2. The molecule has 3 rings (SSSR count). The van der Waals surface area contributed by atoms with Crippen LogP contribution < -0.4 is 4.74 Å². The minimum atomic E-state index is -0.200. The number of para-hydroxylation sites is 1. The van der Waals surface area contributed by atoms with E-state index in [0.29, 0.717) is 22.1 Å². The van der Waals surface area contributed by atoms with E-state index in [1.165, 1.54) is 0 Å². The third-order valence-corrected chi connectivity index (χ3v) is 4.45. The third-order valence-electron chi connectivity index (χ3n) is 3.11. The van der Waals surface area contributed by atoms with Gasteiger partial charge in [-0.3, -0.25) is 0 Å². The highest BCUT2D eigenvalue weighted by Crippen LogP contribution is 2.36. The molecule has 1 atom stereocenters. The van der Waals surface area contributed by atoms with E-state index in [2.05, 4.69) is 25.9 Å². The Labute approximate surface area is 130 Å². The Morgan fingerprint density at radius 1 is 1.40 bits per heavy atom. The number of methoxy groups -OCH3 is 1. The van der Waals surface area contributed by atoms with Gasteiger partial charge in [-0.1, -0.05) is 29.8 Å². The number of aromatic nitrogens is 2. The predicted octanol–water partition coefficient (Wildman–Crippen LogP) is 3.72. The van der Waals surface area contributed by atoms with E-state index in [0.717, 1.165) is 23.4 Å². The molecule has 0 amide bonds. The Bertz CT molecular complexity index is 626. The van der Waals surface area contributed by atoms with Crippen LogP contribution in [0.15, 0.2) is 28.7 Å². The summed E-state index contributed by atoms with van der Waals surface area (Å²) in [5.41, 5.74) is 1.88. The van der Waals surface area contributed by atoms with E-state index in [-0.39, 0.29) is 6.10 Å². The average Bonchev–Trinajstić information content (AvgIpc) is 2.87. The second kappa shape index (κ2) is 5.68. The molecule has 0 saturated carbocycles. The summed E-state index contributed by atoms with van der Waals surface area (Å²) in [7, 11) is 1.62. The summed E-state index contributed by atoms with van der Waals surface area (Å²) in [6.45, 7) is 0.371. The lowest BCUT2D eigenvalue weighted by Crippen LogP contribution is -2.11. The van der Waals surface area contributed by atoms with Gasteiger partial charge in [0.05, 0.1) is 16.8 Å². The highest BCUT2D eigenvalue weighted by molar-refractivity contribution is 9.10. The standard InChI is InChI=1S/C14H12BrClN2O2/c1-19-7-9-12(15)13(16)18-14(17-9)11-6-8-4-2-3-5-10(8)20-11/h2-5,11H,6-7H2,1H3. The van der Waals surface area contributed by atoms with Crippen molar-refractivity contribution in [2.24, 2.45) is 0 Å². The molecule has 1 aromatic carbocycles. The number of benzene rings is 1. The van der Waals surface area contributed by atoms with Gasteiger partial charge in [-0.05, 0) is 27.6 Å². The smallest absolute Gasteiger partial charge is 0.171 e. The molecule has 104 valence electrons. The molecule has 2 aromatic rings. The van der Waals surface area contributed by atoms with Crippen LogP contribution in [0.5, 0.6) is 5.75 Å². The van der Waals surface area contributed by atoms with Crippen LogP contribution in [0, 0.1) is 0 Å². The summed E-state index contributed by atoms with van der Waals surface area (Å²) >= 11 is 9.51. The maximum Gasteiger partial charge on any atom is 0.171 e. The summed E-state index contributed by atoms with van der Waals surface area (Å²) < 4.78 is 11.7. The Kier molecular flexibility index (Phi) is 3.92. The van der Waals surface area contributed by atoms with Gasteiger partial charge < -0.3 is 9.47 Å². The topological polar surface area (TPSA) is 44.2 Å². The van der Waals surface area contributed by atoms with Crippen LogP contribution in [0.4, 0.5) is 0 Å². The van der Waals surface area contributed by atoms with Crippen LogP contribution in [0.2, 0.25) is 5.15 Å². The van der Waals surface area contributed by atoms with E-state index >= 15 is 0 Å². The highest BCUT2D eigenvalue weighted by atomic mass is 79.9. The van der Waals surface area contributed by atoms with Gasteiger partial charge in [0, 0.05) is 13.5 Å². The Hall–Kier alpha value is -1.17. The summed E-state index contributed by atoms with van der Waals surface area (Å²) in [5, 5.41) is 0.376. The number of ether oxygens (including phenoxy) is 2. The number of nitrogens with zero attached hydrogens (tertiary/aromatic N) is 2. The largest absolute Gasteiger partial charge is 0.482 e. The molecule has 1 aliphatic heterocycles. The molecule has 20 heavy (non-hydrogen) atoms. The van der Waals surface area contributed by atoms with E-state index in [1.807, 2.05) is 24.3 Å². The minimum Gasteiger partial charge on any atom is -0.482 e. The maximum atomic E-state index is 6.14. The van der Waals surface area contributed by atoms with Gasteiger partial charge in [-0.25, -0.2) is 9.97 Å². The molecule has 0 saturated heterocycles. The molecule has 1 aromatic heterocycles. The van der Waals surface area contributed by atoms with Crippen LogP contribution >= 0.6 is 27.5 Å². The zero-order valence-electron chi connectivity index (χ0n) is 10.8. The van der Waals surface area contributed by atoms with Gasteiger partial charge in [0.25, 0.3) is 0 Å². The lowest BCUT2D eigenvalue weighted by molar-refractivity contribution is 0.178. The number of rotatable bonds is 3. The first kappa shape index (κ1) is 13.8. The van der Waals surface area contributed by atoms with Crippen LogP contribution in [0.25, 0.3) is 0 Å². The second-order valence-electron chi connectivity index (χ2n) is 4.48. The van der Waals surface area contributed by atoms with Crippen LogP contribution in [0.3, 0.4) is 0 Å². The summed E-state index contributed by atoms with van der Waals surface area (Å²) in [6.07, 6.45) is 0.550. The predicted molar refractivity (Wildman–Crippen MR) is 79.0 cm³/mol. The summed E-state index contributed by atoms with van der Waals surface area (Å²) in [4.78, 5) is 8.80. The summed E-state index contributed by atoms with van der Waals surface area (Å²) in [5.74, 6) is 1.47. The molecular formula is C14H12BrClN2O2. The fraction of sp³-hybridized carbons (Fsp3) is 0.286. The molecular weight excluding hydrogens is 344 g/mol. The van der Waals surface area contributed by atoms with Gasteiger partial charge in [0.1, 0.15) is 10.9 Å². The van der Waals surface area contributed by atoms with Crippen molar-refractivity contribution in [2.45, 2.75) is 19.1 Å². The van der Waals surface area contributed by atoms with Crippen molar-refractivity contribution in [1.29, 1.82) is 0 Å². The van der Waals surface area contributed by atoms with E-state index in [4.69, 9.17) is 21.1 Å².